The molecule has 0 aromatic heterocycles. The lowest BCUT2D eigenvalue weighted by molar-refractivity contribution is 1.32. The van der Waals surface area contributed by atoms with E-state index < -0.39 is 0 Å². The van der Waals surface area contributed by atoms with E-state index in [4.69, 9.17) is 23.2 Å². The highest BCUT2D eigenvalue weighted by Crippen LogP contribution is 2.29. The van der Waals surface area contributed by atoms with Crippen molar-refractivity contribution in [3.8, 4) is 0 Å². The molecule has 1 aromatic rings. The van der Waals surface area contributed by atoms with Crippen LogP contribution in [0.25, 0.3) is 0 Å². The lowest BCUT2D eigenvalue weighted by Crippen LogP contribution is -1.86. The van der Waals surface area contributed by atoms with E-state index in [1.807, 2.05) is 19.1 Å². The zero-order valence-electron chi connectivity index (χ0n) is 6.00. The first-order chi connectivity index (χ1) is 5.16. The second-order valence-electron chi connectivity index (χ2n) is 2.29. The quantitative estimate of drug-likeness (QED) is 0.659. The highest BCUT2D eigenvalue weighted by Gasteiger charge is 2.05. The normalized spacial score (nSPS) is 10.2. The highest BCUT2D eigenvalue weighted by atomic mass is 79.9. The van der Waals surface area contributed by atoms with Gasteiger partial charge in [-0.1, -0.05) is 45.2 Å². The van der Waals surface area contributed by atoms with Crippen LogP contribution in [0.15, 0.2) is 12.1 Å². The van der Waals surface area contributed by atoms with Crippen LogP contribution in [0.5, 0.6) is 0 Å². The van der Waals surface area contributed by atoms with E-state index in [2.05, 4.69) is 15.9 Å². The zero-order chi connectivity index (χ0) is 8.43. The fourth-order valence-corrected chi connectivity index (χ4v) is 2.19. The number of rotatable bonds is 1. The van der Waals surface area contributed by atoms with Gasteiger partial charge in [-0.15, -0.1) is 0 Å². The van der Waals surface area contributed by atoms with E-state index in [-0.39, 0.29) is 0 Å². The standard InChI is InChI=1S/C8H7BrCl2/c1-5-2-3-7(10)8(11)6(5)4-9/h2-3H,4H2,1H3. The molecule has 0 nitrogen and oxygen atoms in total. The van der Waals surface area contributed by atoms with Crippen LogP contribution in [0.1, 0.15) is 11.1 Å². The summed E-state index contributed by atoms with van der Waals surface area (Å²) < 4.78 is 0. The second kappa shape index (κ2) is 3.79. The lowest BCUT2D eigenvalue weighted by Gasteiger charge is -2.05. The highest BCUT2D eigenvalue weighted by molar-refractivity contribution is 9.08. The second-order valence-corrected chi connectivity index (χ2v) is 3.64. The van der Waals surface area contributed by atoms with Gasteiger partial charge in [-0.3, -0.25) is 0 Å². The van der Waals surface area contributed by atoms with Gasteiger partial charge in [0.05, 0.1) is 10.0 Å². The van der Waals surface area contributed by atoms with Gasteiger partial charge in [0, 0.05) is 5.33 Å². The van der Waals surface area contributed by atoms with Gasteiger partial charge < -0.3 is 0 Å². The average Bonchev–Trinajstić information content (AvgIpc) is 1.99. The molecule has 0 aliphatic carbocycles. The molecule has 0 fully saturated rings. The zero-order valence-corrected chi connectivity index (χ0v) is 9.09. The van der Waals surface area contributed by atoms with Gasteiger partial charge in [-0.2, -0.15) is 0 Å². The summed E-state index contributed by atoms with van der Waals surface area (Å²) in [6.45, 7) is 2.01. The van der Waals surface area contributed by atoms with Crippen LogP contribution >= 0.6 is 39.1 Å². The molecule has 11 heavy (non-hydrogen) atoms. The first-order valence-electron chi connectivity index (χ1n) is 3.16. The summed E-state index contributed by atoms with van der Waals surface area (Å²) in [5.41, 5.74) is 2.23. The maximum absolute atomic E-state index is 5.94. The predicted molar refractivity (Wildman–Crippen MR) is 53.8 cm³/mol. The van der Waals surface area contributed by atoms with E-state index in [0.29, 0.717) is 10.0 Å². The van der Waals surface area contributed by atoms with Gasteiger partial charge in [-0.05, 0) is 24.1 Å². The van der Waals surface area contributed by atoms with Crippen molar-refractivity contribution >= 4 is 39.1 Å². The van der Waals surface area contributed by atoms with Gasteiger partial charge in [0.2, 0.25) is 0 Å². The Balaban J connectivity index is 3.29. The van der Waals surface area contributed by atoms with Crippen LogP contribution in [-0.4, -0.2) is 0 Å². The van der Waals surface area contributed by atoms with Crippen molar-refractivity contribution < 1.29 is 0 Å². The number of alkyl halides is 1. The van der Waals surface area contributed by atoms with Crippen molar-refractivity contribution in [2.45, 2.75) is 12.3 Å². The van der Waals surface area contributed by atoms with Crippen LogP contribution in [0.4, 0.5) is 0 Å². The fraction of sp³-hybridized carbons (Fsp3) is 0.250. The van der Waals surface area contributed by atoms with Crippen molar-refractivity contribution in [3.63, 3.8) is 0 Å². The molecule has 60 valence electrons. The number of aryl methyl sites for hydroxylation is 1. The molecular formula is C8H7BrCl2. The molecular weight excluding hydrogens is 247 g/mol. The Morgan fingerprint density at radius 1 is 1.36 bits per heavy atom. The fourth-order valence-electron chi connectivity index (χ4n) is 0.853. The molecule has 0 amide bonds. The molecule has 0 spiro atoms. The van der Waals surface area contributed by atoms with Gasteiger partial charge >= 0.3 is 0 Å². The van der Waals surface area contributed by atoms with Crippen LogP contribution in [-0.2, 0) is 5.33 Å². The van der Waals surface area contributed by atoms with Gasteiger partial charge in [0.15, 0.2) is 0 Å². The molecule has 1 rings (SSSR count). The molecule has 0 bridgehead atoms. The Hall–Kier alpha value is 0.280. The van der Waals surface area contributed by atoms with Crippen LogP contribution in [0.2, 0.25) is 10.0 Å². The molecule has 0 saturated carbocycles. The van der Waals surface area contributed by atoms with E-state index >= 15 is 0 Å². The minimum atomic E-state index is 0.617. The summed E-state index contributed by atoms with van der Waals surface area (Å²) in [5.74, 6) is 0. The Morgan fingerprint density at radius 2 is 2.00 bits per heavy atom. The third-order valence-corrected chi connectivity index (χ3v) is 2.97. The van der Waals surface area contributed by atoms with E-state index in [1.165, 1.54) is 0 Å². The maximum Gasteiger partial charge on any atom is 0.0635 e. The average molecular weight is 254 g/mol. The van der Waals surface area contributed by atoms with Crippen LogP contribution in [0.3, 0.4) is 0 Å². The van der Waals surface area contributed by atoms with Crippen LogP contribution < -0.4 is 0 Å². The summed E-state index contributed by atoms with van der Waals surface area (Å²) in [6.07, 6.45) is 0. The molecule has 0 N–H and O–H groups in total. The molecule has 0 saturated heterocycles. The smallest absolute Gasteiger partial charge is 0.0635 e. The van der Waals surface area contributed by atoms with Crippen molar-refractivity contribution in [1.82, 2.24) is 0 Å². The molecule has 0 unspecified atom stereocenters. The SMILES string of the molecule is Cc1ccc(Cl)c(Cl)c1CBr. The third kappa shape index (κ3) is 1.90. The van der Waals surface area contributed by atoms with Gasteiger partial charge in [0.25, 0.3) is 0 Å². The van der Waals surface area contributed by atoms with E-state index in [1.54, 1.807) is 0 Å². The molecule has 0 aliphatic rings. The van der Waals surface area contributed by atoms with E-state index in [9.17, 15) is 0 Å². The first kappa shape index (κ1) is 9.37. The summed E-state index contributed by atoms with van der Waals surface area (Å²) in [6, 6.07) is 3.77. The molecule has 0 atom stereocenters. The Morgan fingerprint density at radius 3 is 2.45 bits per heavy atom. The van der Waals surface area contributed by atoms with Gasteiger partial charge in [0.1, 0.15) is 0 Å². The summed E-state index contributed by atoms with van der Waals surface area (Å²) >= 11 is 15.1. The summed E-state index contributed by atoms with van der Waals surface area (Å²) in [5, 5.41) is 2.02. The van der Waals surface area contributed by atoms with Gasteiger partial charge in [-0.25, -0.2) is 0 Å². The Kier molecular flexibility index (Phi) is 3.23. The number of halogens is 3. The number of hydrogen-bond donors (Lipinski definition) is 0. The number of benzene rings is 1. The van der Waals surface area contributed by atoms with Crippen LogP contribution in [0, 0.1) is 6.92 Å². The molecule has 0 aliphatic heterocycles. The Labute approximate surface area is 84.6 Å². The predicted octanol–water partition coefficient (Wildman–Crippen LogP) is 4.20. The van der Waals surface area contributed by atoms with Crippen molar-refractivity contribution in [1.29, 1.82) is 0 Å². The minimum absolute atomic E-state index is 0.617. The maximum atomic E-state index is 5.94. The first-order valence-corrected chi connectivity index (χ1v) is 5.04. The molecule has 0 heterocycles. The van der Waals surface area contributed by atoms with Crippen molar-refractivity contribution in [3.05, 3.63) is 33.3 Å². The molecule has 3 heteroatoms. The largest absolute Gasteiger partial charge is 0.0876 e. The monoisotopic (exact) mass is 252 g/mol. The minimum Gasteiger partial charge on any atom is -0.0876 e. The number of hydrogen-bond acceptors (Lipinski definition) is 0. The van der Waals surface area contributed by atoms with E-state index in [0.717, 1.165) is 16.5 Å². The van der Waals surface area contributed by atoms with Crippen molar-refractivity contribution in [2.24, 2.45) is 0 Å². The Bertz CT molecular complexity index is 271. The third-order valence-electron chi connectivity index (χ3n) is 1.56. The topological polar surface area (TPSA) is 0 Å². The summed E-state index contributed by atoms with van der Waals surface area (Å²) in [7, 11) is 0. The molecule has 0 radical (unpaired) electrons. The van der Waals surface area contributed by atoms with Crippen molar-refractivity contribution in [2.75, 3.05) is 0 Å². The lowest BCUT2D eigenvalue weighted by atomic mass is 10.1. The molecule has 1 aromatic carbocycles. The summed E-state index contributed by atoms with van der Waals surface area (Å²) in [4.78, 5) is 0.